The van der Waals surface area contributed by atoms with Crippen LogP contribution in [0.2, 0.25) is 0 Å². The molecule has 0 fully saturated rings. The summed E-state index contributed by atoms with van der Waals surface area (Å²) in [5.41, 5.74) is 1.30. The van der Waals surface area contributed by atoms with Crippen molar-refractivity contribution in [3.63, 3.8) is 0 Å². The molecule has 170 valence electrons. The molecule has 0 spiro atoms. The number of benzene rings is 2. The maximum absolute atomic E-state index is 13.6. The van der Waals surface area contributed by atoms with Crippen LogP contribution in [0, 0.1) is 5.92 Å². The molecule has 2 aromatic carbocycles. The van der Waals surface area contributed by atoms with E-state index in [1.807, 2.05) is 36.1 Å². The normalized spacial score (nSPS) is 15.5. The van der Waals surface area contributed by atoms with Gasteiger partial charge >= 0.3 is 0 Å². The Balaban J connectivity index is 2.05. The molecule has 0 saturated heterocycles. The highest BCUT2D eigenvalue weighted by Crippen LogP contribution is 2.27. The topological polar surface area (TPSA) is 55.8 Å². The van der Waals surface area contributed by atoms with Crippen LogP contribution in [0.3, 0.4) is 0 Å². The fourth-order valence-corrected chi connectivity index (χ4v) is 3.69. The van der Waals surface area contributed by atoms with Gasteiger partial charge in [-0.25, -0.2) is 0 Å². The number of ether oxygens (including phenoxy) is 2. The monoisotopic (exact) mass is 461 g/mol. The van der Waals surface area contributed by atoms with Crippen LogP contribution in [0.1, 0.15) is 17.3 Å². The number of allylic oxidation sites excluding steroid dienone is 6. The first-order valence-electron chi connectivity index (χ1n) is 10.6. The molecule has 0 bridgehead atoms. The van der Waals surface area contributed by atoms with Gasteiger partial charge in [-0.05, 0) is 55.5 Å². The number of thiol groups is 1. The Bertz CT molecular complexity index is 1130. The van der Waals surface area contributed by atoms with Gasteiger partial charge in [0.25, 0.3) is 0 Å². The fraction of sp³-hybridized carbons (Fsp3) is 0.185. The van der Waals surface area contributed by atoms with Gasteiger partial charge < -0.3 is 14.4 Å². The van der Waals surface area contributed by atoms with Gasteiger partial charge in [0, 0.05) is 23.2 Å². The maximum Gasteiger partial charge on any atom is 0.198 e. The zero-order valence-corrected chi connectivity index (χ0v) is 19.8. The second kappa shape index (κ2) is 11.4. The minimum atomic E-state index is -0.604. The molecule has 0 aromatic heterocycles. The van der Waals surface area contributed by atoms with E-state index < -0.39 is 5.92 Å². The van der Waals surface area contributed by atoms with Crippen molar-refractivity contribution >= 4 is 29.9 Å². The average Bonchev–Trinajstić information content (AvgIpc) is 3.10. The zero-order chi connectivity index (χ0) is 23.8. The van der Waals surface area contributed by atoms with Crippen molar-refractivity contribution in [1.29, 1.82) is 0 Å². The van der Waals surface area contributed by atoms with Gasteiger partial charge in [-0.15, -0.1) is 12.6 Å². The van der Waals surface area contributed by atoms with Gasteiger partial charge in [-0.2, -0.15) is 0 Å². The predicted octanol–water partition coefficient (Wildman–Crippen LogP) is 5.42. The third-order valence-corrected chi connectivity index (χ3v) is 5.64. The molecule has 1 aliphatic rings. The molecule has 5 nitrogen and oxygen atoms in total. The molecule has 1 atom stereocenters. The molecule has 6 heteroatoms. The molecule has 1 aliphatic carbocycles. The van der Waals surface area contributed by atoms with E-state index in [9.17, 15) is 9.59 Å². The molecular weight excluding hydrogens is 434 g/mol. The van der Waals surface area contributed by atoms with E-state index in [-0.39, 0.29) is 17.1 Å². The molecular formula is C27H27NO4S. The number of methoxy groups -OCH3 is 2. The predicted molar refractivity (Wildman–Crippen MR) is 134 cm³/mol. The van der Waals surface area contributed by atoms with Gasteiger partial charge in [0.05, 0.1) is 31.4 Å². The van der Waals surface area contributed by atoms with Crippen molar-refractivity contribution < 1.29 is 19.1 Å². The van der Waals surface area contributed by atoms with Gasteiger partial charge in [0.2, 0.25) is 0 Å². The number of carbonyl (C=O) groups excluding carboxylic acids is 2. The number of anilines is 1. The van der Waals surface area contributed by atoms with Crippen LogP contribution < -0.4 is 9.64 Å². The Kier molecular flexibility index (Phi) is 8.33. The van der Waals surface area contributed by atoms with E-state index in [1.165, 1.54) is 0 Å². The third kappa shape index (κ3) is 5.84. The fourth-order valence-electron chi connectivity index (χ4n) is 3.40. The van der Waals surface area contributed by atoms with Crippen molar-refractivity contribution in [3.8, 4) is 5.75 Å². The lowest BCUT2D eigenvalue weighted by molar-refractivity contribution is -0.116. The lowest BCUT2D eigenvalue weighted by Crippen LogP contribution is -2.25. The van der Waals surface area contributed by atoms with Gasteiger partial charge in [0.1, 0.15) is 11.5 Å². The SMILES string of the molecule is CCN(/C=C(/C(=O)c1ccc(OC)cc1)C(=O)C1C=CC=C(OC)C=C1)c1ccccc1S. The number of Topliss-reactive ketones (excluding diaryl/α,β-unsaturated/α-hetero) is 2. The molecule has 2 aromatic rings. The number of hydrogen-bond acceptors (Lipinski definition) is 6. The molecule has 0 radical (unpaired) electrons. The summed E-state index contributed by atoms with van der Waals surface area (Å²) in [6.45, 7) is 2.51. The number of hydrogen-bond donors (Lipinski definition) is 1. The lowest BCUT2D eigenvalue weighted by atomic mass is 9.92. The Morgan fingerprint density at radius 3 is 2.39 bits per heavy atom. The van der Waals surface area contributed by atoms with Crippen molar-refractivity contribution in [2.24, 2.45) is 5.92 Å². The summed E-state index contributed by atoms with van der Waals surface area (Å²) in [5, 5.41) is 0. The highest BCUT2D eigenvalue weighted by molar-refractivity contribution is 7.80. The highest BCUT2D eigenvalue weighted by atomic mass is 32.1. The average molecular weight is 462 g/mol. The first-order chi connectivity index (χ1) is 16.0. The Hall–Kier alpha value is -3.51. The number of ketones is 2. The Morgan fingerprint density at radius 2 is 1.76 bits per heavy atom. The van der Waals surface area contributed by atoms with Gasteiger partial charge in [-0.3, -0.25) is 9.59 Å². The number of carbonyl (C=O) groups is 2. The quantitative estimate of drug-likeness (QED) is 0.178. The van der Waals surface area contributed by atoms with Crippen LogP contribution in [0.5, 0.6) is 5.75 Å². The van der Waals surface area contributed by atoms with E-state index in [0.29, 0.717) is 23.6 Å². The largest absolute Gasteiger partial charge is 0.497 e. The third-order valence-electron chi connectivity index (χ3n) is 5.26. The summed E-state index contributed by atoms with van der Waals surface area (Å²) in [6.07, 6.45) is 10.4. The van der Waals surface area contributed by atoms with E-state index in [0.717, 1.165) is 10.6 Å². The summed E-state index contributed by atoms with van der Waals surface area (Å²) in [6, 6.07) is 14.3. The van der Waals surface area contributed by atoms with Gasteiger partial charge in [0.15, 0.2) is 11.6 Å². The molecule has 0 saturated carbocycles. The van der Waals surface area contributed by atoms with E-state index in [4.69, 9.17) is 9.47 Å². The van der Waals surface area contributed by atoms with Crippen LogP contribution in [0.4, 0.5) is 5.69 Å². The number of rotatable bonds is 9. The number of nitrogens with zero attached hydrogens (tertiary/aromatic N) is 1. The Morgan fingerprint density at radius 1 is 1.03 bits per heavy atom. The summed E-state index contributed by atoms with van der Waals surface area (Å²) < 4.78 is 10.4. The van der Waals surface area contributed by atoms with E-state index >= 15 is 0 Å². The molecule has 33 heavy (non-hydrogen) atoms. The molecule has 3 rings (SSSR count). The molecule has 0 N–H and O–H groups in total. The summed E-state index contributed by atoms with van der Waals surface area (Å²) >= 11 is 4.55. The van der Waals surface area contributed by atoms with Crippen LogP contribution in [-0.4, -0.2) is 32.3 Å². The zero-order valence-electron chi connectivity index (χ0n) is 18.9. The van der Waals surface area contributed by atoms with Crippen LogP contribution in [0.25, 0.3) is 0 Å². The Labute approximate surface area is 200 Å². The first-order valence-corrected chi connectivity index (χ1v) is 11.0. The van der Waals surface area contributed by atoms with E-state index in [1.54, 1.807) is 75.1 Å². The molecule has 0 heterocycles. The van der Waals surface area contributed by atoms with Crippen molar-refractivity contribution in [1.82, 2.24) is 0 Å². The minimum absolute atomic E-state index is 0.0822. The maximum atomic E-state index is 13.6. The van der Waals surface area contributed by atoms with Crippen molar-refractivity contribution in [2.45, 2.75) is 11.8 Å². The van der Waals surface area contributed by atoms with Crippen LogP contribution in [0.15, 0.2) is 101 Å². The smallest absolute Gasteiger partial charge is 0.198 e. The summed E-state index contributed by atoms with van der Waals surface area (Å²) in [5.74, 6) is 0.00308. The molecule has 0 amide bonds. The van der Waals surface area contributed by atoms with Crippen LogP contribution in [-0.2, 0) is 9.53 Å². The molecule has 1 unspecified atom stereocenters. The van der Waals surface area contributed by atoms with Crippen molar-refractivity contribution in [3.05, 3.63) is 102 Å². The van der Waals surface area contributed by atoms with Gasteiger partial charge in [-0.1, -0.05) is 30.4 Å². The summed E-state index contributed by atoms with van der Waals surface area (Å²) in [4.78, 5) is 29.8. The molecule has 0 aliphatic heterocycles. The number of para-hydroxylation sites is 1. The minimum Gasteiger partial charge on any atom is -0.497 e. The second-order valence-corrected chi connectivity index (χ2v) is 7.76. The highest BCUT2D eigenvalue weighted by Gasteiger charge is 2.26. The van der Waals surface area contributed by atoms with E-state index in [2.05, 4.69) is 12.6 Å². The van der Waals surface area contributed by atoms with Crippen molar-refractivity contribution in [2.75, 3.05) is 25.7 Å². The van der Waals surface area contributed by atoms with Crippen LogP contribution >= 0.6 is 12.6 Å². The standard InChI is InChI=1S/C27H27NO4S/c1-4-28(24-10-5-6-11-25(24)33)18-23(27(30)20-13-16-22(32-3)17-14-20)26(29)19-8-7-9-21(31-2)15-12-19/h5-19,33H,4H2,1-3H3/b23-18+. The summed E-state index contributed by atoms with van der Waals surface area (Å²) in [7, 11) is 3.13. The second-order valence-electron chi connectivity index (χ2n) is 7.28. The first kappa shape index (κ1) is 24.1. The lowest BCUT2D eigenvalue weighted by Gasteiger charge is -2.22.